The van der Waals surface area contributed by atoms with Crippen molar-refractivity contribution >= 4 is 16.0 Å². The first-order valence-electron chi connectivity index (χ1n) is 6.99. The predicted octanol–water partition coefficient (Wildman–Crippen LogP) is 2.09. The third-order valence-electron chi connectivity index (χ3n) is 3.69. The van der Waals surface area contributed by atoms with Gasteiger partial charge in [0, 0.05) is 6.04 Å². The molecule has 0 amide bonds. The van der Waals surface area contributed by atoms with Crippen LogP contribution in [-0.4, -0.2) is 30.6 Å². The van der Waals surface area contributed by atoms with Crippen molar-refractivity contribution in [2.24, 2.45) is 0 Å². The Kier molecular flexibility index (Phi) is 4.84. The summed E-state index contributed by atoms with van der Waals surface area (Å²) in [4.78, 5) is 10.8. The minimum atomic E-state index is -3.77. The van der Waals surface area contributed by atoms with Gasteiger partial charge >= 0.3 is 5.97 Å². The summed E-state index contributed by atoms with van der Waals surface area (Å²) in [6.07, 6.45) is 5.79. The molecule has 0 saturated heterocycles. The van der Waals surface area contributed by atoms with Crippen molar-refractivity contribution < 1.29 is 23.4 Å². The third-order valence-corrected chi connectivity index (χ3v) is 5.20. The summed E-state index contributed by atoms with van der Waals surface area (Å²) in [7, 11) is -3.77. The molecule has 1 fully saturated rings. The Hall–Kier alpha value is -1.60. The molecule has 0 spiro atoms. The summed E-state index contributed by atoms with van der Waals surface area (Å²) >= 11 is 0. The van der Waals surface area contributed by atoms with Gasteiger partial charge in [0.15, 0.2) is 0 Å². The van der Waals surface area contributed by atoms with E-state index in [0.29, 0.717) is 0 Å². The number of carboxylic acid groups (broad SMARTS) is 1. The fraction of sp³-hybridized carbons (Fsp3) is 0.500. The molecule has 0 radical (unpaired) electrons. The van der Waals surface area contributed by atoms with Crippen molar-refractivity contribution in [2.75, 3.05) is 0 Å². The van der Waals surface area contributed by atoms with Crippen LogP contribution in [0.5, 0.6) is 5.75 Å². The second-order valence-corrected chi connectivity index (χ2v) is 7.01. The van der Waals surface area contributed by atoms with E-state index in [1.54, 1.807) is 0 Å². The molecule has 116 valence electrons. The summed E-state index contributed by atoms with van der Waals surface area (Å²) in [5.41, 5.74) is -0.418. The number of phenols is 1. The Balaban J connectivity index is 2.22. The van der Waals surface area contributed by atoms with Crippen molar-refractivity contribution in [1.82, 2.24) is 4.72 Å². The zero-order valence-corrected chi connectivity index (χ0v) is 12.4. The third kappa shape index (κ3) is 3.95. The van der Waals surface area contributed by atoms with Gasteiger partial charge in [0.25, 0.3) is 0 Å². The Labute approximate surface area is 123 Å². The number of hydrogen-bond donors (Lipinski definition) is 3. The monoisotopic (exact) mass is 313 g/mol. The molecule has 0 atom stereocenters. The van der Waals surface area contributed by atoms with E-state index >= 15 is 0 Å². The maximum Gasteiger partial charge on any atom is 0.339 e. The van der Waals surface area contributed by atoms with Gasteiger partial charge in [-0.2, -0.15) is 0 Å². The molecule has 2 rings (SSSR count). The topological polar surface area (TPSA) is 104 Å². The van der Waals surface area contributed by atoms with E-state index in [2.05, 4.69) is 4.72 Å². The number of carboxylic acids is 1. The number of aromatic hydroxyl groups is 1. The fourth-order valence-corrected chi connectivity index (χ4v) is 3.87. The van der Waals surface area contributed by atoms with Crippen LogP contribution in [-0.2, 0) is 10.0 Å². The number of rotatable bonds is 4. The van der Waals surface area contributed by atoms with Crippen LogP contribution in [0.4, 0.5) is 0 Å². The lowest BCUT2D eigenvalue weighted by molar-refractivity contribution is 0.0693. The quantitative estimate of drug-likeness (QED) is 0.738. The molecule has 1 aromatic rings. The lowest BCUT2D eigenvalue weighted by Crippen LogP contribution is -2.34. The Morgan fingerprint density at radius 3 is 2.33 bits per heavy atom. The zero-order chi connectivity index (χ0) is 15.5. The zero-order valence-electron chi connectivity index (χ0n) is 11.6. The summed E-state index contributed by atoms with van der Waals surface area (Å²) in [6.45, 7) is 0. The Morgan fingerprint density at radius 2 is 1.76 bits per heavy atom. The van der Waals surface area contributed by atoms with E-state index in [1.807, 2.05) is 0 Å². The lowest BCUT2D eigenvalue weighted by Gasteiger charge is -2.16. The van der Waals surface area contributed by atoms with Crippen LogP contribution in [0.1, 0.15) is 48.9 Å². The van der Waals surface area contributed by atoms with E-state index < -0.39 is 27.3 Å². The standard InChI is InChI=1S/C14H19NO5S/c16-13-8-7-11(9-12(13)14(17)18)21(19,20)15-10-5-3-1-2-4-6-10/h7-10,15-16H,1-6H2,(H,17,18). The SMILES string of the molecule is O=C(O)c1cc(S(=O)(=O)NC2CCCCCC2)ccc1O. The van der Waals surface area contributed by atoms with E-state index in [1.165, 1.54) is 6.07 Å². The summed E-state index contributed by atoms with van der Waals surface area (Å²) in [5, 5.41) is 18.4. The molecule has 1 aliphatic rings. The largest absolute Gasteiger partial charge is 0.507 e. The van der Waals surface area contributed by atoms with Gasteiger partial charge in [-0.25, -0.2) is 17.9 Å². The highest BCUT2D eigenvalue weighted by Gasteiger charge is 2.23. The maximum atomic E-state index is 12.3. The van der Waals surface area contributed by atoms with Gasteiger partial charge in [0.2, 0.25) is 10.0 Å². The first-order chi connectivity index (χ1) is 9.90. The number of carbonyl (C=O) groups is 1. The van der Waals surface area contributed by atoms with Gasteiger partial charge < -0.3 is 10.2 Å². The molecule has 0 aromatic heterocycles. The first kappa shape index (κ1) is 15.8. The lowest BCUT2D eigenvalue weighted by atomic mass is 10.1. The summed E-state index contributed by atoms with van der Waals surface area (Å²) < 4.78 is 27.3. The molecule has 6 nitrogen and oxygen atoms in total. The molecule has 0 bridgehead atoms. The predicted molar refractivity (Wildman–Crippen MR) is 76.9 cm³/mol. The van der Waals surface area contributed by atoms with Crippen molar-refractivity contribution in [1.29, 1.82) is 0 Å². The van der Waals surface area contributed by atoms with Crippen molar-refractivity contribution in [2.45, 2.75) is 49.5 Å². The smallest absolute Gasteiger partial charge is 0.339 e. The van der Waals surface area contributed by atoms with Crippen LogP contribution in [0.15, 0.2) is 23.1 Å². The molecule has 3 N–H and O–H groups in total. The highest BCUT2D eigenvalue weighted by molar-refractivity contribution is 7.89. The van der Waals surface area contributed by atoms with Gasteiger partial charge in [-0.3, -0.25) is 0 Å². The molecular weight excluding hydrogens is 294 g/mol. The van der Waals surface area contributed by atoms with Gasteiger partial charge in [-0.1, -0.05) is 25.7 Å². The van der Waals surface area contributed by atoms with Crippen molar-refractivity contribution in [3.63, 3.8) is 0 Å². The minimum Gasteiger partial charge on any atom is -0.507 e. The average Bonchev–Trinajstić information content (AvgIpc) is 2.66. The molecule has 1 aliphatic carbocycles. The van der Waals surface area contributed by atoms with Crippen LogP contribution in [0.2, 0.25) is 0 Å². The molecule has 0 aliphatic heterocycles. The van der Waals surface area contributed by atoms with Gasteiger partial charge in [0.05, 0.1) is 4.90 Å². The van der Waals surface area contributed by atoms with Crippen LogP contribution in [0, 0.1) is 0 Å². The molecule has 0 heterocycles. The van der Waals surface area contributed by atoms with E-state index in [0.717, 1.165) is 50.7 Å². The Bertz CT molecular complexity index is 618. The second-order valence-electron chi connectivity index (χ2n) is 5.29. The van der Waals surface area contributed by atoms with Gasteiger partial charge in [-0.15, -0.1) is 0 Å². The van der Waals surface area contributed by atoms with E-state index in [4.69, 9.17) is 5.11 Å². The Morgan fingerprint density at radius 1 is 1.14 bits per heavy atom. The van der Waals surface area contributed by atoms with Crippen LogP contribution in [0.3, 0.4) is 0 Å². The molecule has 21 heavy (non-hydrogen) atoms. The van der Waals surface area contributed by atoms with Crippen LogP contribution < -0.4 is 4.72 Å². The number of sulfonamides is 1. The number of nitrogens with one attached hydrogen (secondary N) is 1. The van der Waals surface area contributed by atoms with Gasteiger partial charge in [-0.05, 0) is 31.0 Å². The average molecular weight is 313 g/mol. The number of benzene rings is 1. The number of aromatic carboxylic acids is 1. The van der Waals surface area contributed by atoms with E-state index in [9.17, 15) is 18.3 Å². The van der Waals surface area contributed by atoms with Crippen LogP contribution in [0.25, 0.3) is 0 Å². The van der Waals surface area contributed by atoms with E-state index in [-0.39, 0.29) is 10.9 Å². The normalized spacial score (nSPS) is 17.3. The molecule has 0 unspecified atom stereocenters. The van der Waals surface area contributed by atoms with Crippen LogP contribution >= 0.6 is 0 Å². The summed E-state index contributed by atoms with van der Waals surface area (Å²) in [5.74, 6) is -1.81. The fourth-order valence-electron chi connectivity index (χ4n) is 2.54. The molecule has 7 heteroatoms. The maximum absolute atomic E-state index is 12.3. The minimum absolute atomic E-state index is 0.111. The highest BCUT2D eigenvalue weighted by Crippen LogP contribution is 2.23. The number of hydrogen-bond acceptors (Lipinski definition) is 4. The molecule has 1 saturated carbocycles. The molecule has 1 aromatic carbocycles. The first-order valence-corrected chi connectivity index (χ1v) is 8.47. The second kappa shape index (κ2) is 6.44. The van der Waals surface area contributed by atoms with Crippen molar-refractivity contribution in [3.05, 3.63) is 23.8 Å². The molecular formula is C14H19NO5S. The summed E-state index contributed by atoms with van der Waals surface area (Å²) in [6, 6.07) is 3.17. The van der Waals surface area contributed by atoms with Crippen molar-refractivity contribution in [3.8, 4) is 5.75 Å². The van der Waals surface area contributed by atoms with Gasteiger partial charge in [0.1, 0.15) is 11.3 Å². The highest BCUT2D eigenvalue weighted by atomic mass is 32.2.